The molecule has 0 spiro atoms. The lowest BCUT2D eigenvalue weighted by molar-refractivity contribution is -0.137. The highest BCUT2D eigenvalue weighted by Crippen LogP contribution is 2.36. The molecule has 3 aliphatic rings. The van der Waals surface area contributed by atoms with Crippen molar-refractivity contribution in [1.82, 2.24) is 20.0 Å². The van der Waals surface area contributed by atoms with Gasteiger partial charge in [0.15, 0.2) is 0 Å². The van der Waals surface area contributed by atoms with Gasteiger partial charge in [-0.3, -0.25) is 14.5 Å². The monoisotopic (exact) mass is 414 g/mol. The molecule has 1 atom stereocenters. The number of nitrogens with one attached hydrogen (secondary N) is 1. The van der Waals surface area contributed by atoms with E-state index < -0.39 is 6.04 Å². The predicted octanol–water partition coefficient (Wildman–Crippen LogP) is 2.31. The van der Waals surface area contributed by atoms with E-state index in [0.29, 0.717) is 22.8 Å². The number of amides is 4. The molecule has 1 N–H and O–H groups in total. The fraction of sp³-hybridized carbons (Fsp3) is 0.381. The first-order valence-electron chi connectivity index (χ1n) is 9.74. The van der Waals surface area contributed by atoms with Gasteiger partial charge in [-0.25, -0.2) is 4.79 Å². The Hall–Kier alpha value is -2.80. The van der Waals surface area contributed by atoms with Crippen LogP contribution in [0, 0.1) is 0 Å². The molecule has 1 unspecified atom stereocenters. The number of carbonyl (C=O) groups excluding carboxylic acids is 3. The minimum absolute atomic E-state index is 0.0231. The van der Waals surface area contributed by atoms with Gasteiger partial charge in [-0.1, -0.05) is 29.8 Å². The molecule has 7 nitrogen and oxygen atoms in total. The zero-order valence-corrected chi connectivity index (χ0v) is 16.8. The van der Waals surface area contributed by atoms with Crippen molar-refractivity contribution in [2.75, 3.05) is 32.7 Å². The molecule has 0 bridgehead atoms. The number of nitrogens with zero attached hydrogens (tertiary/aromatic N) is 3. The van der Waals surface area contributed by atoms with Crippen molar-refractivity contribution in [1.29, 1.82) is 0 Å². The average molecular weight is 415 g/mol. The van der Waals surface area contributed by atoms with E-state index in [4.69, 9.17) is 11.6 Å². The van der Waals surface area contributed by atoms with Crippen molar-refractivity contribution in [3.05, 3.63) is 58.8 Å². The van der Waals surface area contributed by atoms with Crippen LogP contribution in [0.15, 0.2) is 48.2 Å². The Morgan fingerprint density at radius 3 is 2.55 bits per heavy atom. The normalized spacial score (nSPS) is 21.6. The Morgan fingerprint density at radius 2 is 1.90 bits per heavy atom. The second-order valence-electron chi connectivity index (χ2n) is 7.44. The van der Waals surface area contributed by atoms with E-state index in [1.807, 2.05) is 0 Å². The Bertz CT molecular complexity index is 890. The van der Waals surface area contributed by atoms with Crippen LogP contribution in [0.1, 0.15) is 24.4 Å². The largest absolute Gasteiger partial charge is 0.341 e. The van der Waals surface area contributed by atoms with Crippen LogP contribution in [0.5, 0.6) is 0 Å². The number of hydrogen-bond acceptors (Lipinski definition) is 3. The van der Waals surface area contributed by atoms with Crippen molar-refractivity contribution < 1.29 is 14.4 Å². The van der Waals surface area contributed by atoms with Crippen LogP contribution in [-0.2, 0) is 9.59 Å². The summed E-state index contributed by atoms with van der Waals surface area (Å²) in [6, 6.07) is 6.19. The first-order chi connectivity index (χ1) is 14.0. The van der Waals surface area contributed by atoms with Gasteiger partial charge in [0.05, 0.1) is 23.9 Å². The van der Waals surface area contributed by atoms with Gasteiger partial charge in [0, 0.05) is 24.7 Å². The third kappa shape index (κ3) is 3.62. The number of urea groups is 1. The summed E-state index contributed by atoms with van der Waals surface area (Å²) in [5.74, 6) is -0.269. The molecule has 4 rings (SSSR count). The van der Waals surface area contributed by atoms with Gasteiger partial charge in [-0.05, 0) is 30.5 Å². The Kier molecular flexibility index (Phi) is 5.32. The predicted molar refractivity (Wildman–Crippen MR) is 109 cm³/mol. The molecule has 3 aliphatic heterocycles. The highest BCUT2D eigenvalue weighted by atomic mass is 35.5. The highest BCUT2D eigenvalue weighted by Gasteiger charge is 2.44. The first kappa shape index (κ1) is 19.5. The smallest absolute Gasteiger partial charge is 0.322 e. The summed E-state index contributed by atoms with van der Waals surface area (Å²) in [5.41, 5.74) is 1.91. The van der Waals surface area contributed by atoms with Crippen LogP contribution >= 0.6 is 11.6 Å². The van der Waals surface area contributed by atoms with Gasteiger partial charge in [0.2, 0.25) is 5.91 Å². The number of benzene rings is 1. The van der Waals surface area contributed by atoms with Crippen LogP contribution in [-0.4, -0.2) is 65.3 Å². The molecule has 1 aromatic carbocycles. The van der Waals surface area contributed by atoms with Gasteiger partial charge in [0.25, 0.3) is 5.91 Å². The van der Waals surface area contributed by atoms with Crippen LogP contribution < -0.4 is 5.32 Å². The third-order valence-electron chi connectivity index (χ3n) is 5.60. The highest BCUT2D eigenvalue weighted by molar-refractivity contribution is 6.30. The molecule has 0 radical (unpaired) electrons. The minimum Gasteiger partial charge on any atom is -0.341 e. The van der Waals surface area contributed by atoms with Crippen LogP contribution in [0.3, 0.4) is 0 Å². The zero-order chi connectivity index (χ0) is 20.5. The molecule has 0 saturated carbocycles. The van der Waals surface area contributed by atoms with Gasteiger partial charge in [-0.15, -0.1) is 6.58 Å². The number of likely N-dealkylation sites (tertiary alicyclic amines) is 1. The maximum Gasteiger partial charge on any atom is 0.322 e. The summed E-state index contributed by atoms with van der Waals surface area (Å²) in [4.78, 5) is 43.4. The number of hydrogen-bond donors (Lipinski definition) is 1. The lowest BCUT2D eigenvalue weighted by Gasteiger charge is -2.33. The molecule has 3 heterocycles. The summed E-state index contributed by atoms with van der Waals surface area (Å²) in [5, 5.41) is 3.49. The van der Waals surface area contributed by atoms with Crippen LogP contribution in [0.2, 0.25) is 5.02 Å². The maximum absolute atomic E-state index is 13.3. The Morgan fingerprint density at radius 1 is 1.21 bits per heavy atom. The van der Waals surface area contributed by atoms with E-state index in [1.54, 1.807) is 35.2 Å². The summed E-state index contributed by atoms with van der Waals surface area (Å²) in [7, 11) is 0. The quantitative estimate of drug-likeness (QED) is 0.751. The molecule has 152 valence electrons. The molecule has 1 saturated heterocycles. The molecule has 0 aliphatic carbocycles. The SMILES string of the molecule is C=CCN1C(=O)NC(c2ccc(Cl)cc2)C2=C1CN(CC(=O)N1CCCC1)C2=O. The van der Waals surface area contributed by atoms with Crippen molar-refractivity contribution >= 4 is 29.4 Å². The van der Waals surface area contributed by atoms with Crippen molar-refractivity contribution in [2.24, 2.45) is 0 Å². The van der Waals surface area contributed by atoms with Crippen molar-refractivity contribution in [3.63, 3.8) is 0 Å². The second-order valence-corrected chi connectivity index (χ2v) is 7.88. The first-order valence-corrected chi connectivity index (χ1v) is 10.1. The molecule has 1 fully saturated rings. The standard InChI is InChI=1S/C21H23ClN4O3/c1-2-9-26-16-12-25(13-17(27)24-10-3-4-11-24)20(28)18(16)19(23-21(26)29)14-5-7-15(22)8-6-14/h2,5-8,19H,1,3-4,9-13H2,(H,23,29). The number of rotatable bonds is 5. The summed E-state index contributed by atoms with van der Waals surface area (Å²) in [6.07, 6.45) is 3.62. The van der Waals surface area contributed by atoms with Gasteiger partial charge in [-0.2, -0.15) is 0 Å². The summed E-state index contributed by atoms with van der Waals surface area (Å²) >= 11 is 5.99. The summed E-state index contributed by atoms with van der Waals surface area (Å²) in [6.45, 7) is 5.74. The molecule has 8 heteroatoms. The van der Waals surface area contributed by atoms with Crippen molar-refractivity contribution in [2.45, 2.75) is 18.9 Å². The van der Waals surface area contributed by atoms with E-state index >= 15 is 0 Å². The molecular formula is C21H23ClN4O3. The van der Waals surface area contributed by atoms with E-state index in [-0.39, 0.29) is 30.9 Å². The Balaban J connectivity index is 1.64. The minimum atomic E-state index is -0.574. The number of halogens is 1. The number of carbonyl (C=O) groups is 3. The maximum atomic E-state index is 13.3. The fourth-order valence-corrected chi connectivity index (χ4v) is 4.26. The van der Waals surface area contributed by atoms with Crippen LogP contribution in [0.25, 0.3) is 0 Å². The average Bonchev–Trinajstić information content (AvgIpc) is 3.34. The molecule has 4 amide bonds. The zero-order valence-electron chi connectivity index (χ0n) is 16.1. The molecule has 0 aromatic heterocycles. The van der Waals surface area contributed by atoms with Gasteiger partial charge >= 0.3 is 6.03 Å². The third-order valence-corrected chi connectivity index (χ3v) is 5.85. The van der Waals surface area contributed by atoms with E-state index in [9.17, 15) is 14.4 Å². The lowest BCUT2D eigenvalue weighted by atomic mass is 9.95. The molecule has 1 aromatic rings. The summed E-state index contributed by atoms with van der Waals surface area (Å²) < 4.78 is 0. The molecular weight excluding hydrogens is 392 g/mol. The van der Waals surface area contributed by atoms with Crippen LogP contribution in [0.4, 0.5) is 4.79 Å². The second kappa shape index (κ2) is 7.91. The van der Waals surface area contributed by atoms with E-state index in [1.165, 1.54) is 9.80 Å². The van der Waals surface area contributed by atoms with Gasteiger partial charge in [0.1, 0.15) is 6.54 Å². The lowest BCUT2D eigenvalue weighted by Crippen LogP contribution is -2.47. The topological polar surface area (TPSA) is 73.0 Å². The van der Waals surface area contributed by atoms with E-state index in [0.717, 1.165) is 31.5 Å². The van der Waals surface area contributed by atoms with Crippen molar-refractivity contribution in [3.8, 4) is 0 Å². The van der Waals surface area contributed by atoms with Gasteiger partial charge < -0.3 is 15.1 Å². The Labute approximate surface area is 174 Å². The molecule has 29 heavy (non-hydrogen) atoms. The fourth-order valence-electron chi connectivity index (χ4n) is 4.13. The van der Waals surface area contributed by atoms with E-state index in [2.05, 4.69) is 11.9 Å².